The average molecular weight is 273 g/mol. The van der Waals surface area contributed by atoms with Crippen LogP contribution >= 0.6 is 11.6 Å². The molecule has 1 atom stereocenters. The fourth-order valence-electron chi connectivity index (χ4n) is 1.80. The van der Waals surface area contributed by atoms with Gasteiger partial charge in [0.15, 0.2) is 0 Å². The molecule has 0 aliphatic carbocycles. The van der Waals surface area contributed by atoms with E-state index in [0.29, 0.717) is 17.4 Å². The van der Waals surface area contributed by atoms with Crippen molar-refractivity contribution < 1.29 is 14.6 Å². The molecule has 0 spiro atoms. The molecule has 3 nitrogen and oxygen atoms in total. The number of ether oxygens (including phenoxy) is 2. The Bertz CT molecular complexity index is 333. The predicted octanol–water partition coefficient (Wildman–Crippen LogP) is 3.54. The molecule has 0 amide bonds. The van der Waals surface area contributed by atoms with E-state index >= 15 is 0 Å². The minimum absolute atomic E-state index is 0.482. The van der Waals surface area contributed by atoms with Crippen molar-refractivity contribution in [1.82, 2.24) is 0 Å². The summed E-state index contributed by atoms with van der Waals surface area (Å²) in [7, 11) is 3.21. The van der Waals surface area contributed by atoms with Gasteiger partial charge in [-0.2, -0.15) is 0 Å². The molecular weight excluding hydrogens is 252 g/mol. The summed E-state index contributed by atoms with van der Waals surface area (Å²) in [5.41, 5.74) is 0.831. The second-order valence-electron chi connectivity index (χ2n) is 4.20. The maximum absolute atomic E-state index is 10.1. The van der Waals surface area contributed by atoms with E-state index in [1.165, 1.54) is 0 Å². The highest BCUT2D eigenvalue weighted by Gasteiger charge is 2.10. The van der Waals surface area contributed by atoms with Gasteiger partial charge < -0.3 is 14.6 Å². The first-order valence-electron chi connectivity index (χ1n) is 6.18. The van der Waals surface area contributed by atoms with Gasteiger partial charge >= 0.3 is 0 Å². The second kappa shape index (κ2) is 8.22. The normalized spacial score (nSPS) is 12.2. The fraction of sp³-hybridized carbons (Fsp3) is 0.571. The lowest BCUT2D eigenvalue weighted by molar-refractivity contribution is 0.163. The first-order valence-corrected chi connectivity index (χ1v) is 6.71. The zero-order valence-electron chi connectivity index (χ0n) is 11.0. The first-order chi connectivity index (χ1) is 8.71. The van der Waals surface area contributed by atoms with Gasteiger partial charge in [0.2, 0.25) is 0 Å². The van der Waals surface area contributed by atoms with Crippen LogP contribution in [0.2, 0.25) is 0 Å². The number of aliphatic hydroxyl groups excluding tert-OH is 1. The highest BCUT2D eigenvalue weighted by molar-refractivity contribution is 6.17. The molecule has 1 aromatic carbocycles. The lowest BCUT2D eigenvalue weighted by Gasteiger charge is -2.13. The van der Waals surface area contributed by atoms with Gasteiger partial charge in [0.1, 0.15) is 11.5 Å². The molecular formula is C14H21ClO3. The number of benzene rings is 1. The van der Waals surface area contributed by atoms with Crippen LogP contribution in [0.5, 0.6) is 11.5 Å². The van der Waals surface area contributed by atoms with Crippen LogP contribution in [0.15, 0.2) is 18.2 Å². The summed E-state index contributed by atoms with van der Waals surface area (Å²) in [5, 5.41) is 10.1. The summed E-state index contributed by atoms with van der Waals surface area (Å²) in [6, 6.07) is 5.48. The van der Waals surface area contributed by atoms with Gasteiger partial charge in [0.05, 0.1) is 20.3 Å². The number of halogens is 1. The van der Waals surface area contributed by atoms with Crippen molar-refractivity contribution in [2.24, 2.45) is 0 Å². The Kier molecular flexibility index (Phi) is 6.91. The summed E-state index contributed by atoms with van der Waals surface area (Å²) in [5.74, 6) is 2.08. The molecule has 0 saturated carbocycles. The summed E-state index contributed by atoms with van der Waals surface area (Å²) in [6.07, 6.45) is 3.25. The van der Waals surface area contributed by atoms with E-state index in [1.807, 2.05) is 12.1 Å². The maximum atomic E-state index is 10.1. The third kappa shape index (κ3) is 4.75. The quantitative estimate of drug-likeness (QED) is 0.581. The van der Waals surface area contributed by atoms with Gasteiger partial charge in [-0.15, -0.1) is 11.6 Å². The number of methoxy groups -OCH3 is 2. The summed E-state index contributed by atoms with van der Waals surface area (Å²) in [6.45, 7) is 0. The smallest absolute Gasteiger partial charge is 0.122 e. The lowest BCUT2D eigenvalue weighted by atomic mass is 10.0. The zero-order chi connectivity index (χ0) is 13.4. The third-order valence-electron chi connectivity index (χ3n) is 2.87. The minimum atomic E-state index is -0.482. The molecule has 0 aliphatic rings. The number of aliphatic hydroxyl groups is 1. The summed E-state index contributed by atoms with van der Waals surface area (Å²) >= 11 is 5.62. The molecule has 1 unspecified atom stereocenters. The molecule has 1 N–H and O–H groups in total. The van der Waals surface area contributed by atoms with Crippen LogP contribution < -0.4 is 9.47 Å². The maximum Gasteiger partial charge on any atom is 0.122 e. The summed E-state index contributed by atoms with van der Waals surface area (Å²) in [4.78, 5) is 0. The SMILES string of the molecule is COc1cc(OC)cc(C(O)CCCCCCl)c1. The van der Waals surface area contributed by atoms with Gasteiger partial charge in [-0.1, -0.05) is 12.8 Å². The van der Waals surface area contributed by atoms with E-state index in [9.17, 15) is 5.11 Å². The van der Waals surface area contributed by atoms with Crippen molar-refractivity contribution in [3.05, 3.63) is 23.8 Å². The van der Waals surface area contributed by atoms with Gasteiger partial charge in [-0.25, -0.2) is 0 Å². The van der Waals surface area contributed by atoms with Crippen molar-refractivity contribution in [2.75, 3.05) is 20.1 Å². The van der Waals surface area contributed by atoms with Crippen LogP contribution in [0.25, 0.3) is 0 Å². The first kappa shape index (κ1) is 15.1. The van der Waals surface area contributed by atoms with E-state index in [0.717, 1.165) is 31.2 Å². The van der Waals surface area contributed by atoms with E-state index in [2.05, 4.69) is 0 Å². The summed E-state index contributed by atoms with van der Waals surface area (Å²) < 4.78 is 10.4. The molecule has 0 saturated heterocycles. The topological polar surface area (TPSA) is 38.7 Å². The standard InChI is InChI=1S/C14H21ClO3/c1-17-12-8-11(9-13(10-12)18-2)14(16)6-4-3-5-7-15/h8-10,14,16H,3-7H2,1-2H3. The van der Waals surface area contributed by atoms with Crippen molar-refractivity contribution in [3.63, 3.8) is 0 Å². The van der Waals surface area contributed by atoms with Crippen molar-refractivity contribution in [2.45, 2.75) is 31.8 Å². The minimum Gasteiger partial charge on any atom is -0.497 e. The number of hydrogen-bond acceptors (Lipinski definition) is 3. The average Bonchev–Trinajstić information content (AvgIpc) is 2.42. The van der Waals surface area contributed by atoms with Gasteiger partial charge in [-0.05, 0) is 30.5 Å². The number of alkyl halides is 1. The molecule has 0 radical (unpaired) electrons. The molecule has 0 aliphatic heterocycles. The van der Waals surface area contributed by atoms with Crippen molar-refractivity contribution in [1.29, 1.82) is 0 Å². The Labute approximate surface area is 114 Å². The van der Waals surface area contributed by atoms with Crippen LogP contribution in [0.4, 0.5) is 0 Å². The Morgan fingerprint density at radius 1 is 1.06 bits per heavy atom. The molecule has 0 heterocycles. The fourth-order valence-corrected chi connectivity index (χ4v) is 1.99. The molecule has 18 heavy (non-hydrogen) atoms. The molecule has 1 aromatic rings. The molecule has 0 fully saturated rings. The van der Waals surface area contributed by atoms with E-state index < -0.39 is 6.10 Å². The largest absolute Gasteiger partial charge is 0.497 e. The highest BCUT2D eigenvalue weighted by atomic mass is 35.5. The Hall–Kier alpha value is -0.930. The van der Waals surface area contributed by atoms with Crippen molar-refractivity contribution >= 4 is 11.6 Å². The monoisotopic (exact) mass is 272 g/mol. The molecule has 102 valence electrons. The number of unbranched alkanes of at least 4 members (excludes halogenated alkanes) is 2. The third-order valence-corrected chi connectivity index (χ3v) is 3.14. The second-order valence-corrected chi connectivity index (χ2v) is 4.58. The molecule has 0 bridgehead atoms. The lowest BCUT2D eigenvalue weighted by Crippen LogP contribution is -1.99. The van der Waals surface area contributed by atoms with Crippen LogP contribution in [0.1, 0.15) is 37.4 Å². The Morgan fingerprint density at radius 3 is 2.17 bits per heavy atom. The molecule has 4 heteroatoms. The Morgan fingerprint density at radius 2 is 1.67 bits per heavy atom. The number of hydrogen-bond donors (Lipinski definition) is 1. The van der Waals surface area contributed by atoms with Crippen LogP contribution in [0.3, 0.4) is 0 Å². The van der Waals surface area contributed by atoms with E-state index in [1.54, 1.807) is 20.3 Å². The Balaban J connectivity index is 2.63. The zero-order valence-corrected chi connectivity index (χ0v) is 11.7. The van der Waals surface area contributed by atoms with E-state index in [-0.39, 0.29) is 0 Å². The van der Waals surface area contributed by atoms with Gasteiger partial charge in [0, 0.05) is 11.9 Å². The van der Waals surface area contributed by atoms with Gasteiger partial charge in [-0.3, -0.25) is 0 Å². The number of rotatable bonds is 8. The van der Waals surface area contributed by atoms with Crippen molar-refractivity contribution in [3.8, 4) is 11.5 Å². The molecule has 1 rings (SSSR count). The van der Waals surface area contributed by atoms with Crippen LogP contribution in [-0.2, 0) is 0 Å². The highest BCUT2D eigenvalue weighted by Crippen LogP contribution is 2.28. The molecule has 0 aromatic heterocycles. The van der Waals surface area contributed by atoms with Crippen LogP contribution in [-0.4, -0.2) is 25.2 Å². The van der Waals surface area contributed by atoms with Crippen LogP contribution in [0, 0.1) is 0 Å². The predicted molar refractivity (Wildman–Crippen MR) is 73.7 cm³/mol. The van der Waals surface area contributed by atoms with E-state index in [4.69, 9.17) is 21.1 Å². The van der Waals surface area contributed by atoms with Gasteiger partial charge in [0.25, 0.3) is 0 Å².